The number of H-pyrrole nitrogens is 1. The van der Waals surface area contributed by atoms with Gasteiger partial charge < -0.3 is 15.0 Å². The first-order valence-electron chi connectivity index (χ1n) is 13.9. The summed E-state index contributed by atoms with van der Waals surface area (Å²) in [6, 6.07) is 10.4. The lowest BCUT2D eigenvalue weighted by molar-refractivity contribution is -0.124. The van der Waals surface area contributed by atoms with Crippen molar-refractivity contribution in [3.8, 4) is 16.9 Å². The molecule has 2 aliphatic carbocycles. The van der Waals surface area contributed by atoms with E-state index in [4.69, 9.17) is 4.74 Å². The van der Waals surface area contributed by atoms with Gasteiger partial charge in [0.15, 0.2) is 5.78 Å². The number of halogens is 2. The molecule has 0 saturated heterocycles. The molecule has 5 nitrogen and oxygen atoms in total. The Kier molecular flexibility index (Phi) is 8.48. The molecule has 1 heterocycles. The van der Waals surface area contributed by atoms with Crippen LogP contribution in [0.5, 0.6) is 5.75 Å². The van der Waals surface area contributed by atoms with Gasteiger partial charge in [-0.05, 0) is 79.5 Å². The highest BCUT2D eigenvalue weighted by Gasteiger charge is 2.27. The van der Waals surface area contributed by atoms with Gasteiger partial charge in [0.25, 0.3) is 5.91 Å². The normalized spacial score (nSPS) is 16.0. The van der Waals surface area contributed by atoms with Crippen LogP contribution in [0.4, 0.5) is 8.78 Å². The number of aromatic nitrogens is 1. The average Bonchev–Trinajstić information content (AvgIpc) is 3.24. The molecular weight excluding hydrogens is 534 g/mol. The topological polar surface area (TPSA) is 71.2 Å². The minimum absolute atomic E-state index is 0.0459. The fraction of sp³-hybridized carbons (Fsp3) is 0.200. The molecule has 0 fully saturated rings. The van der Waals surface area contributed by atoms with Crippen molar-refractivity contribution in [3.63, 3.8) is 0 Å². The Morgan fingerprint density at radius 1 is 1.19 bits per heavy atom. The maximum absolute atomic E-state index is 14.3. The van der Waals surface area contributed by atoms with Crippen molar-refractivity contribution in [2.75, 3.05) is 0 Å². The van der Waals surface area contributed by atoms with E-state index in [-0.39, 0.29) is 36.3 Å². The lowest BCUT2D eigenvalue weighted by atomic mass is 9.87. The summed E-state index contributed by atoms with van der Waals surface area (Å²) in [5.41, 5.74) is 5.16. The van der Waals surface area contributed by atoms with E-state index >= 15 is 0 Å². The van der Waals surface area contributed by atoms with Crippen molar-refractivity contribution in [1.82, 2.24) is 10.3 Å². The molecule has 214 valence electrons. The van der Waals surface area contributed by atoms with Crippen molar-refractivity contribution < 1.29 is 23.1 Å². The predicted octanol–water partition coefficient (Wildman–Crippen LogP) is 7.21. The number of allylic oxidation sites excluding steroid dienone is 6. The monoisotopic (exact) mass is 566 g/mol. The number of aromatic amines is 1. The number of ether oxygens (including phenoxy) is 1. The molecule has 0 unspecified atom stereocenters. The zero-order valence-electron chi connectivity index (χ0n) is 23.5. The highest BCUT2D eigenvalue weighted by Crippen LogP contribution is 2.34. The van der Waals surface area contributed by atoms with Crippen LogP contribution in [-0.4, -0.2) is 22.8 Å². The minimum Gasteiger partial charge on any atom is -0.491 e. The summed E-state index contributed by atoms with van der Waals surface area (Å²) in [6.07, 6.45) is 13.7. The van der Waals surface area contributed by atoms with Crippen molar-refractivity contribution in [1.29, 1.82) is 0 Å². The molecule has 42 heavy (non-hydrogen) atoms. The van der Waals surface area contributed by atoms with Gasteiger partial charge in [0, 0.05) is 47.5 Å². The van der Waals surface area contributed by atoms with Gasteiger partial charge in [0.1, 0.15) is 17.4 Å². The quantitative estimate of drug-likeness (QED) is 0.269. The number of nitrogens with one attached hydrogen (secondary N) is 2. The second-order valence-corrected chi connectivity index (χ2v) is 10.6. The number of benzene rings is 2. The molecule has 0 bridgehead atoms. The van der Waals surface area contributed by atoms with E-state index < -0.39 is 17.6 Å². The molecule has 0 radical (unpaired) electrons. The molecule has 1 atom stereocenters. The van der Waals surface area contributed by atoms with Crippen molar-refractivity contribution in [2.45, 2.75) is 39.3 Å². The van der Waals surface area contributed by atoms with Crippen LogP contribution in [0.1, 0.15) is 41.8 Å². The lowest BCUT2D eigenvalue weighted by Gasteiger charge is -2.18. The number of fused-ring (bicyclic) bond motifs is 1. The third-order valence-corrected chi connectivity index (χ3v) is 7.18. The maximum Gasteiger partial charge on any atom is 0.255 e. The Hall–Kier alpha value is -4.78. The highest BCUT2D eigenvalue weighted by molar-refractivity contribution is 6.21. The van der Waals surface area contributed by atoms with Crippen LogP contribution in [0.2, 0.25) is 0 Å². The van der Waals surface area contributed by atoms with E-state index in [2.05, 4.69) is 16.9 Å². The van der Waals surface area contributed by atoms with Crippen LogP contribution in [0.3, 0.4) is 0 Å². The van der Waals surface area contributed by atoms with E-state index in [1.54, 1.807) is 30.4 Å². The molecule has 2 aromatic carbocycles. The summed E-state index contributed by atoms with van der Waals surface area (Å²) in [7, 11) is 0. The van der Waals surface area contributed by atoms with Crippen LogP contribution in [0.15, 0.2) is 91.0 Å². The predicted molar refractivity (Wildman–Crippen MR) is 162 cm³/mol. The Balaban J connectivity index is 1.33. The molecular formula is C35H32F2N2O3. The number of hydrogen-bond donors (Lipinski definition) is 2. The largest absolute Gasteiger partial charge is 0.491 e. The number of hydrogen-bond acceptors (Lipinski definition) is 3. The Morgan fingerprint density at radius 3 is 2.79 bits per heavy atom. The van der Waals surface area contributed by atoms with Gasteiger partial charge in [-0.3, -0.25) is 9.59 Å². The van der Waals surface area contributed by atoms with Crippen molar-refractivity contribution in [2.24, 2.45) is 5.92 Å². The Bertz CT molecular complexity index is 1670. The molecule has 3 aromatic rings. The number of carbonyl (C=O) groups is 2. The number of rotatable bonds is 9. The first-order valence-corrected chi connectivity index (χ1v) is 13.9. The number of ketones is 1. The van der Waals surface area contributed by atoms with Gasteiger partial charge in [0.05, 0.1) is 11.7 Å². The molecule has 7 heteroatoms. The second kappa shape index (κ2) is 12.4. The van der Waals surface area contributed by atoms with E-state index in [1.165, 1.54) is 30.4 Å². The van der Waals surface area contributed by atoms with Crippen LogP contribution >= 0.6 is 0 Å². The SMILES string of the molecule is C=Cc1ccc(C[C@H]2C=CC=C(C(=O)NCc3cc(OC(C)C)cc(-c4c[nH]c5c4C=C(F)C=CC5)c3)C2=O)cc1F. The fourth-order valence-electron chi connectivity index (χ4n) is 5.18. The molecule has 0 spiro atoms. The van der Waals surface area contributed by atoms with Crippen LogP contribution in [0, 0.1) is 11.7 Å². The van der Waals surface area contributed by atoms with Gasteiger partial charge in [0.2, 0.25) is 0 Å². The van der Waals surface area contributed by atoms with E-state index in [1.807, 2.05) is 38.2 Å². The van der Waals surface area contributed by atoms with Crippen molar-refractivity contribution >= 4 is 23.8 Å². The summed E-state index contributed by atoms with van der Waals surface area (Å²) in [6.45, 7) is 7.59. The molecule has 1 aromatic heterocycles. The van der Waals surface area contributed by atoms with Crippen LogP contribution in [-0.2, 0) is 29.0 Å². The minimum atomic E-state index is -0.578. The van der Waals surface area contributed by atoms with Crippen molar-refractivity contribution in [3.05, 3.63) is 125 Å². The first kappa shape index (κ1) is 28.7. The highest BCUT2D eigenvalue weighted by atomic mass is 19.1. The average molecular weight is 567 g/mol. The third kappa shape index (κ3) is 6.41. The number of amides is 1. The maximum atomic E-state index is 14.3. The standard InChI is InChI=1S/C35H32F2N2O3/c1-4-24-12-11-22(16-32(24)37)13-25-7-5-9-29(34(25)40)35(41)39-19-23-14-26(17-28(15-23)42-21(2)3)31-20-38-33-10-6-8-27(36)18-30(31)33/h4-9,11-12,14-18,20-21,25,38H,1,10,13,19H2,2-3H3,(H,39,41)/t25-/m1/s1. The van der Waals surface area contributed by atoms with E-state index in [0.717, 1.165) is 27.9 Å². The summed E-state index contributed by atoms with van der Waals surface area (Å²) in [4.78, 5) is 29.6. The number of Topliss-reactive ketones (excluding diaryl/α,β-unsaturated/α-hetero) is 1. The molecule has 1 amide bonds. The van der Waals surface area contributed by atoms with Gasteiger partial charge in [-0.2, -0.15) is 0 Å². The molecule has 5 rings (SSSR count). The van der Waals surface area contributed by atoms with Gasteiger partial charge in [-0.25, -0.2) is 8.78 Å². The lowest BCUT2D eigenvalue weighted by Crippen LogP contribution is -2.32. The Morgan fingerprint density at radius 2 is 2.02 bits per heavy atom. The van der Waals surface area contributed by atoms with E-state index in [9.17, 15) is 18.4 Å². The molecule has 2 N–H and O–H groups in total. The van der Waals surface area contributed by atoms with Gasteiger partial charge in [-0.15, -0.1) is 0 Å². The van der Waals surface area contributed by atoms with Crippen LogP contribution < -0.4 is 10.1 Å². The summed E-state index contributed by atoms with van der Waals surface area (Å²) < 4.78 is 34.5. The zero-order valence-corrected chi connectivity index (χ0v) is 23.5. The number of carbonyl (C=O) groups excluding carboxylic acids is 2. The molecule has 0 aliphatic heterocycles. The van der Waals surface area contributed by atoms with E-state index in [0.29, 0.717) is 23.3 Å². The third-order valence-electron chi connectivity index (χ3n) is 7.18. The summed E-state index contributed by atoms with van der Waals surface area (Å²) in [5, 5.41) is 2.86. The Labute approximate surface area is 244 Å². The fourth-order valence-corrected chi connectivity index (χ4v) is 5.18. The zero-order chi connectivity index (χ0) is 29.8. The second-order valence-electron chi connectivity index (χ2n) is 10.6. The molecule has 2 aliphatic rings. The van der Waals surface area contributed by atoms with Crippen LogP contribution in [0.25, 0.3) is 23.3 Å². The molecule has 0 saturated carbocycles. The smallest absolute Gasteiger partial charge is 0.255 e. The first-order chi connectivity index (χ1) is 20.2. The summed E-state index contributed by atoms with van der Waals surface area (Å²) >= 11 is 0. The van der Waals surface area contributed by atoms with Gasteiger partial charge in [-0.1, -0.05) is 43.0 Å². The summed E-state index contributed by atoms with van der Waals surface area (Å²) in [5.74, 6) is -1.51. The van der Waals surface area contributed by atoms with Gasteiger partial charge >= 0.3 is 0 Å².